The molecule has 0 bridgehead atoms. The molecule has 0 aliphatic carbocycles. The Kier molecular flexibility index (Phi) is 5.91. The van der Waals surface area contributed by atoms with E-state index in [1.54, 1.807) is 24.2 Å². The SMILES string of the molecule is COc1ccc(C(CNC(=O)c2cnn(-c3ccccc3)c2)N2CCCC2)cc1. The van der Waals surface area contributed by atoms with Gasteiger partial charge >= 0.3 is 0 Å². The summed E-state index contributed by atoms with van der Waals surface area (Å²) in [6, 6.07) is 18.0. The number of aromatic nitrogens is 2. The second-order valence-electron chi connectivity index (χ2n) is 7.25. The number of carbonyl (C=O) groups excluding carboxylic acids is 1. The van der Waals surface area contributed by atoms with Gasteiger partial charge in [0.1, 0.15) is 5.75 Å². The van der Waals surface area contributed by atoms with Crippen LogP contribution in [0.1, 0.15) is 34.8 Å². The van der Waals surface area contributed by atoms with Crippen molar-refractivity contribution in [2.75, 3.05) is 26.7 Å². The number of hydrogen-bond donors (Lipinski definition) is 1. The highest BCUT2D eigenvalue weighted by molar-refractivity contribution is 5.93. The Labute approximate surface area is 171 Å². The normalized spacial score (nSPS) is 15.2. The van der Waals surface area contributed by atoms with Gasteiger partial charge in [-0.15, -0.1) is 0 Å². The average molecular weight is 390 g/mol. The summed E-state index contributed by atoms with van der Waals surface area (Å²) in [5.41, 5.74) is 2.68. The maximum absolute atomic E-state index is 12.7. The monoisotopic (exact) mass is 390 g/mol. The third kappa shape index (κ3) is 4.49. The molecule has 3 aromatic rings. The molecule has 1 N–H and O–H groups in total. The number of para-hydroxylation sites is 1. The zero-order chi connectivity index (χ0) is 20.1. The molecule has 6 nitrogen and oxygen atoms in total. The molecule has 2 aromatic carbocycles. The molecule has 1 aliphatic heterocycles. The van der Waals surface area contributed by atoms with Crippen molar-refractivity contribution < 1.29 is 9.53 Å². The molecule has 1 atom stereocenters. The quantitative estimate of drug-likeness (QED) is 0.671. The fourth-order valence-corrected chi connectivity index (χ4v) is 3.79. The van der Waals surface area contributed by atoms with E-state index < -0.39 is 0 Å². The number of likely N-dealkylation sites (tertiary alicyclic amines) is 1. The number of ether oxygens (including phenoxy) is 1. The van der Waals surface area contributed by atoms with Crippen LogP contribution in [0.2, 0.25) is 0 Å². The first-order valence-corrected chi connectivity index (χ1v) is 10.0. The van der Waals surface area contributed by atoms with Crippen LogP contribution in [0, 0.1) is 0 Å². The van der Waals surface area contributed by atoms with E-state index in [0.717, 1.165) is 24.5 Å². The molecule has 2 heterocycles. The van der Waals surface area contributed by atoms with Crippen LogP contribution in [0.25, 0.3) is 5.69 Å². The first-order valence-electron chi connectivity index (χ1n) is 10.0. The van der Waals surface area contributed by atoms with Gasteiger partial charge in [-0.05, 0) is 55.8 Å². The summed E-state index contributed by atoms with van der Waals surface area (Å²) in [7, 11) is 1.67. The number of methoxy groups -OCH3 is 1. The average Bonchev–Trinajstić information content (AvgIpc) is 3.47. The maximum atomic E-state index is 12.7. The van der Waals surface area contributed by atoms with Gasteiger partial charge in [0.15, 0.2) is 0 Å². The Morgan fingerprint density at radius 1 is 1.10 bits per heavy atom. The summed E-state index contributed by atoms with van der Waals surface area (Å²) in [5.74, 6) is 0.733. The van der Waals surface area contributed by atoms with Gasteiger partial charge in [0, 0.05) is 12.7 Å². The zero-order valence-corrected chi connectivity index (χ0v) is 16.6. The summed E-state index contributed by atoms with van der Waals surface area (Å²) >= 11 is 0. The summed E-state index contributed by atoms with van der Waals surface area (Å²) in [4.78, 5) is 15.2. The second kappa shape index (κ2) is 8.92. The molecule has 1 amide bonds. The van der Waals surface area contributed by atoms with Crippen molar-refractivity contribution in [3.05, 3.63) is 78.1 Å². The summed E-state index contributed by atoms with van der Waals surface area (Å²) in [6.07, 6.45) is 5.78. The van der Waals surface area contributed by atoms with E-state index in [1.807, 2.05) is 42.5 Å². The van der Waals surface area contributed by atoms with Crippen molar-refractivity contribution >= 4 is 5.91 Å². The molecule has 0 radical (unpaired) electrons. The zero-order valence-electron chi connectivity index (χ0n) is 16.6. The highest BCUT2D eigenvalue weighted by atomic mass is 16.5. The first kappa shape index (κ1) is 19.2. The lowest BCUT2D eigenvalue weighted by molar-refractivity contribution is 0.0938. The molecule has 0 spiro atoms. The molecule has 1 unspecified atom stereocenters. The van der Waals surface area contributed by atoms with E-state index in [2.05, 4.69) is 27.4 Å². The van der Waals surface area contributed by atoms with Gasteiger partial charge in [0.25, 0.3) is 5.91 Å². The number of benzene rings is 2. The standard InChI is InChI=1S/C23H26N4O2/c1-29-21-11-9-18(10-12-21)22(26-13-5-6-14-26)16-24-23(28)19-15-25-27(17-19)20-7-3-2-4-8-20/h2-4,7-12,15,17,22H,5-6,13-14,16H2,1H3,(H,24,28). The van der Waals surface area contributed by atoms with E-state index in [9.17, 15) is 4.79 Å². The number of nitrogens with one attached hydrogen (secondary N) is 1. The van der Waals surface area contributed by atoms with Crippen LogP contribution < -0.4 is 10.1 Å². The number of carbonyl (C=O) groups is 1. The molecule has 4 rings (SSSR count). The van der Waals surface area contributed by atoms with Gasteiger partial charge in [0.05, 0.1) is 30.6 Å². The van der Waals surface area contributed by atoms with Crippen LogP contribution in [-0.4, -0.2) is 47.3 Å². The van der Waals surface area contributed by atoms with Crippen LogP contribution in [0.5, 0.6) is 5.75 Å². The van der Waals surface area contributed by atoms with Crippen molar-refractivity contribution in [1.29, 1.82) is 0 Å². The lowest BCUT2D eigenvalue weighted by Gasteiger charge is -2.28. The van der Waals surface area contributed by atoms with Gasteiger partial charge in [0.2, 0.25) is 0 Å². The van der Waals surface area contributed by atoms with E-state index >= 15 is 0 Å². The Balaban J connectivity index is 1.45. The van der Waals surface area contributed by atoms with E-state index in [0.29, 0.717) is 12.1 Å². The number of amides is 1. The van der Waals surface area contributed by atoms with Gasteiger partial charge in [-0.2, -0.15) is 5.10 Å². The van der Waals surface area contributed by atoms with Gasteiger partial charge in [-0.25, -0.2) is 4.68 Å². The van der Waals surface area contributed by atoms with E-state index in [1.165, 1.54) is 18.4 Å². The lowest BCUT2D eigenvalue weighted by atomic mass is 10.1. The van der Waals surface area contributed by atoms with Crippen LogP contribution in [0.3, 0.4) is 0 Å². The van der Waals surface area contributed by atoms with Crippen LogP contribution in [0.4, 0.5) is 0 Å². The molecular weight excluding hydrogens is 364 g/mol. The fourth-order valence-electron chi connectivity index (χ4n) is 3.79. The predicted molar refractivity (Wildman–Crippen MR) is 112 cm³/mol. The third-order valence-electron chi connectivity index (χ3n) is 5.40. The molecule has 1 saturated heterocycles. The Hall–Kier alpha value is -3.12. The van der Waals surface area contributed by atoms with Crippen LogP contribution in [-0.2, 0) is 0 Å². The molecule has 1 fully saturated rings. The largest absolute Gasteiger partial charge is 0.497 e. The van der Waals surface area contributed by atoms with Crippen molar-refractivity contribution in [1.82, 2.24) is 20.0 Å². The first-order chi connectivity index (χ1) is 14.2. The molecule has 0 saturated carbocycles. The molecule has 150 valence electrons. The number of rotatable bonds is 7. The minimum absolute atomic E-state index is 0.107. The van der Waals surface area contributed by atoms with E-state index in [-0.39, 0.29) is 11.9 Å². The topological polar surface area (TPSA) is 59.4 Å². The lowest BCUT2D eigenvalue weighted by Crippen LogP contribution is -2.36. The highest BCUT2D eigenvalue weighted by Gasteiger charge is 2.24. The molecule has 1 aliphatic rings. The molecule has 29 heavy (non-hydrogen) atoms. The number of hydrogen-bond acceptors (Lipinski definition) is 4. The van der Waals surface area contributed by atoms with Crippen LogP contribution in [0.15, 0.2) is 67.0 Å². The van der Waals surface area contributed by atoms with Gasteiger partial charge in [-0.1, -0.05) is 30.3 Å². The second-order valence-corrected chi connectivity index (χ2v) is 7.25. The van der Waals surface area contributed by atoms with Crippen molar-refractivity contribution in [2.45, 2.75) is 18.9 Å². The number of nitrogens with zero attached hydrogens (tertiary/aromatic N) is 3. The van der Waals surface area contributed by atoms with Crippen molar-refractivity contribution in [3.8, 4) is 11.4 Å². The van der Waals surface area contributed by atoms with E-state index in [4.69, 9.17) is 4.74 Å². The minimum Gasteiger partial charge on any atom is -0.497 e. The molecule has 1 aromatic heterocycles. The summed E-state index contributed by atoms with van der Waals surface area (Å²) < 4.78 is 7.00. The third-order valence-corrected chi connectivity index (χ3v) is 5.40. The molecular formula is C23H26N4O2. The molecule has 6 heteroatoms. The van der Waals surface area contributed by atoms with Gasteiger partial charge < -0.3 is 10.1 Å². The Bertz CT molecular complexity index is 931. The smallest absolute Gasteiger partial charge is 0.254 e. The summed E-state index contributed by atoms with van der Waals surface area (Å²) in [5, 5.41) is 7.42. The maximum Gasteiger partial charge on any atom is 0.254 e. The Morgan fingerprint density at radius 2 is 1.83 bits per heavy atom. The fraction of sp³-hybridized carbons (Fsp3) is 0.304. The van der Waals surface area contributed by atoms with Crippen molar-refractivity contribution in [3.63, 3.8) is 0 Å². The Morgan fingerprint density at radius 3 is 2.52 bits per heavy atom. The highest BCUT2D eigenvalue weighted by Crippen LogP contribution is 2.26. The minimum atomic E-state index is -0.107. The summed E-state index contributed by atoms with van der Waals surface area (Å²) in [6.45, 7) is 2.67. The van der Waals surface area contributed by atoms with Gasteiger partial charge in [-0.3, -0.25) is 9.69 Å². The van der Waals surface area contributed by atoms with Crippen molar-refractivity contribution in [2.24, 2.45) is 0 Å². The van der Waals surface area contributed by atoms with Crippen LogP contribution >= 0.6 is 0 Å². The predicted octanol–water partition coefficient (Wildman–Crippen LogP) is 3.45.